The van der Waals surface area contributed by atoms with Crippen molar-refractivity contribution in [2.24, 2.45) is 5.73 Å². The van der Waals surface area contributed by atoms with Crippen molar-refractivity contribution < 1.29 is 4.79 Å². The molecule has 0 bridgehead atoms. The average Bonchev–Trinajstić information content (AvgIpc) is 2.15. The summed E-state index contributed by atoms with van der Waals surface area (Å²) in [4.78, 5) is 10.7. The van der Waals surface area contributed by atoms with Crippen molar-refractivity contribution in [3.63, 3.8) is 0 Å². The lowest BCUT2D eigenvalue weighted by molar-refractivity contribution is -0.117. The first-order chi connectivity index (χ1) is 6.24. The van der Waals surface area contributed by atoms with Gasteiger partial charge in [-0.15, -0.1) is 0 Å². The Bertz CT molecular complexity index is 328. The van der Waals surface area contributed by atoms with Crippen LogP contribution >= 0.6 is 0 Å². The summed E-state index contributed by atoms with van der Waals surface area (Å²) >= 11 is 0. The lowest BCUT2D eigenvalue weighted by Crippen LogP contribution is -2.33. The normalized spacial score (nSPS) is 11.3. The van der Waals surface area contributed by atoms with Crippen molar-refractivity contribution in [2.75, 3.05) is 5.32 Å². The Hall–Kier alpha value is -2.02. The third-order valence-corrected chi connectivity index (χ3v) is 1.50. The van der Waals surface area contributed by atoms with Gasteiger partial charge in [-0.2, -0.15) is 5.26 Å². The number of nitrogens with two attached hydrogens (primary N) is 1. The minimum absolute atomic E-state index is 0.675. The molecule has 1 aromatic carbocycles. The number of amides is 1. The molecule has 3 N–H and O–H groups in total. The van der Waals surface area contributed by atoms with E-state index in [0.29, 0.717) is 5.69 Å². The maximum absolute atomic E-state index is 10.7. The largest absolute Gasteiger partial charge is 0.367 e. The first-order valence-corrected chi connectivity index (χ1v) is 3.74. The smallest absolute Gasteiger partial charge is 0.254 e. The molecule has 0 saturated carbocycles. The highest BCUT2D eigenvalue weighted by atomic mass is 16.1. The minimum Gasteiger partial charge on any atom is -0.367 e. The summed E-state index contributed by atoms with van der Waals surface area (Å²) in [6, 6.07) is 9.76. The Morgan fingerprint density at radius 1 is 1.46 bits per heavy atom. The van der Waals surface area contributed by atoms with E-state index in [2.05, 4.69) is 5.32 Å². The Balaban J connectivity index is 2.69. The highest BCUT2D eigenvalue weighted by molar-refractivity contribution is 5.85. The fourth-order valence-electron chi connectivity index (χ4n) is 0.868. The lowest BCUT2D eigenvalue weighted by atomic mass is 10.2. The van der Waals surface area contributed by atoms with Crippen molar-refractivity contribution >= 4 is 11.6 Å². The zero-order valence-electron chi connectivity index (χ0n) is 6.90. The maximum Gasteiger partial charge on any atom is 0.254 e. The number of anilines is 1. The molecule has 13 heavy (non-hydrogen) atoms. The van der Waals surface area contributed by atoms with E-state index in [1.54, 1.807) is 30.3 Å². The predicted molar refractivity (Wildman–Crippen MR) is 48.7 cm³/mol. The van der Waals surface area contributed by atoms with Crippen LogP contribution in [0.25, 0.3) is 0 Å². The fraction of sp³-hybridized carbons (Fsp3) is 0.111. The summed E-state index contributed by atoms with van der Waals surface area (Å²) in [6.07, 6.45) is 0. The fourth-order valence-corrected chi connectivity index (χ4v) is 0.868. The van der Waals surface area contributed by atoms with Crippen LogP contribution < -0.4 is 11.1 Å². The second-order valence-electron chi connectivity index (χ2n) is 2.47. The van der Waals surface area contributed by atoms with Crippen molar-refractivity contribution in [2.45, 2.75) is 6.04 Å². The third kappa shape index (κ3) is 2.49. The van der Waals surface area contributed by atoms with Crippen LogP contribution in [0.3, 0.4) is 0 Å². The summed E-state index contributed by atoms with van der Waals surface area (Å²) in [5.74, 6) is -0.675. The average molecular weight is 175 g/mol. The molecule has 1 unspecified atom stereocenters. The molecule has 66 valence electrons. The number of nitriles is 1. The summed E-state index contributed by atoms with van der Waals surface area (Å²) in [6.45, 7) is 0. The highest BCUT2D eigenvalue weighted by Crippen LogP contribution is 2.06. The number of hydrogen-bond donors (Lipinski definition) is 2. The zero-order valence-corrected chi connectivity index (χ0v) is 6.90. The second kappa shape index (κ2) is 4.12. The monoisotopic (exact) mass is 175 g/mol. The van der Waals surface area contributed by atoms with Gasteiger partial charge in [-0.1, -0.05) is 18.2 Å². The van der Waals surface area contributed by atoms with Gasteiger partial charge in [0.2, 0.25) is 0 Å². The summed E-state index contributed by atoms with van der Waals surface area (Å²) < 4.78 is 0. The van der Waals surface area contributed by atoms with E-state index in [1.807, 2.05) is 6.07 Å². The van der Waals surface area contributed by atoms with Crippen LogP contribution in [0.5, 0.6) is 0 Å². The summed E-state index contributed by atoms with van der Waals surface area (Å²) in [5.41, 5.74) is 5.67. The van der Waals surface area contributed by atoms with Crippen molar-refractivity contribution in [1.82, 2.24) is 0 Å². The van der Waals surface area contributed by atoms with Gasteiger partial charge in [0.05, 0.1) is 6.07 Å². The van der Waals surface area contributed by atoms with Crippen LogP contribution in [-0.2, 0) is 4.79 Å². The van der Waals surface area contributed by atoms with Gasteiger partial charge in [-0.05, 0) is 12.1 Å². The van der Waals surface area contributed by atoms with Gasteiger partial charge in [0.15, 0.2) is 6.04 Å². The summed E-state index contributed by atoms with van der Waals surface area (Å²) in [7, 11) is 0. The third-order valence-electron chi connectivity index (χ3n) is 1.50. The Morgan fingerprint density at radius 3 is 2.54 bits per heavy atom. The molecule has 0 spiro atoms. The van der Waals surface area contributed by atoms with Gasteiger partial charge in [0, 0.05) is 5.69 Å². The quantitative estimate of drug-likeness (QED) is 0.701. The number of nitrogens with zero attached hydrogens (tertiary/aromatic N) is 1. The number of carbonyl (C=O) groups excluding carboxylic acids is 1. The van der Waals surface area contributed by atoms with Crippen LogP contribution in [0.4, 0.5) is 5.69 Å². The number of hydrogen-bond acceptors (Lipinski definition) is 3. The first kappa shape index (κ1) is 9.07. The summed E-state index contributed by atoms with van der Waals surface area (Å²) in [5, 5.41) is 11.2. The van der Waals surface area contributed by atoms with Gasteiger partial charge in [0.1, 0.15) is 0 Å². The first-order valence-electron chi connectivity index (χ1n) is 3.74. The molecule has 1 aromatic rings. The zero-order chi connectivity index (χ0) is 9.68. The van der Waals surface area contributed by atoms with Gasteiger partial charge < -0.3 is 11.1 Å². The molecule has 0 aliphatic carbocycles. The lowest BCUT2D eigenvalue weighted by Gasteiger charge is -2.08. The Labute approximate surface area is 76.0 Å². The molecule has 0 fully saturated rings. The highest BCUT2D eigenvalue weighted by Gasteiger charge is 2.12. The van der Waals surface area contributed by atoms with Gasteiger partial charge in [-0.3, -0.25) is 4.79 Å². The Kier molecular flexibility index (Phi) is 2.87. The molecular weight excluding hydrogens is 166 g/mol. The molecule has 1 amide bonds. The van der Waals surface area contributed by atoms with Crippen LogP contribution in [0.1, 0.15) is 0 Å². The standard InChI is InChI=1S/C9H9N3O/c10-6-8(9(11)13)12-7-4-2-1-3-5-7/h1-5,8,12H,(H2,11,13). The second-order valence-corrected chi connectivity index (χ2v) is 2.47. The van der Waals surface area contributed by atoms with Crippen molar-refractivity contribution in [1.29, 1.82) is 5.26 Å². The van der Waals surface area contributed by atoms with Crippen LogP contribution in [0, 0.1) is 11.3 Å². The van der Waals surface area contributed by atoms with E-state index >= 15 is 0 Å². The topological polar surface area (TPSA) is 78.9 Å². The van der Waals surface area contributed by atoms with Crippen molar-refractivity contribution in [3.8, 4) is 6.07 Å². The van der Waals surface area contributed by atoms with Crippen LogP contribution in [0.2, 0.25) is 0 Å². The number of rotatable bonds is 3. The molecule has 1 rings (SSSR count). The molecule has 0 radical (unpaired) electrons. The van der Waals surface area contributed by atoms with E-state index < -0.39 is 11.9 Å². The SMILES string of the molecule is N#CC(Nc1ccccc1)C(N)=O. The number of carbonyl (C=O) groups is 1. The molecule has 0 aromatic heterocycles. The molecular formula is C9H9N3O. The maximum atomic E-state index is 10.7. The molecule has 1 atom stereocenters. The van der Waals surface area contributed by atoms with Crippen LogP contribution in [-0.4, -0.2) is 11.9 Å². The van der Waals surface area contributed by atoms with Gasteiger partial charge in [-0.25, -0.2) is 0 Å². The van der Waals surface area contributed by atoms with E-state index in [0.717, 1.165) is 0 Å². The molecule has 0 saturated heterocycles. The predicted octanol–water partition coefficient (Wildman–Crippen LogP) is 0.476. The molecule has 0 heterocycles. The molecule has 4 nitrogen and oxygen atoms in total. The van der Waals surface area contributed by atoms with E-state index in [4.69, 9.17) is 11.0 Å². The number of benzene rings is 1. The number of para-hydroxylation sites is 1. The molecule has 0 aliphatic rings. The van der Waals surface area contributed by atoms with E-state index in [9.17, 15) is 4.79 Å². The molecule has 4 heteroatoms. The van der Waals surface area contributed by atoms with Gasteiger partial charge in [0.25, 0.3) is 5.91 Å². The van der Waals surface area contributed by atoms with E-state index in [1.165, 1.54) is 0 Å². The molecule has 0 aliphatic heterocycles. The van der Waals surface area contributed by atoms with Crippen LogP contribution in [0.15, 0.2) is 30.3 Å². The van der Waals surface area contributed by atoms with Crippen molar-refractivity contribution in [3.05, 3.63) is 30.3 Å². The number of primary amides is 1. The van der Waals surface area contributed by atoms with Gasteiger partial charge >= 0.3 is 0 Å². The minimum atomic E-state index is -0.970. The number of nitrogens with one attached hydrogen (secondary N) is 1. The van der Waals surface area contributed by atoms with E-state index in [-0.39, 0.29) is 0 Å². The Morgan fingerprint density at radius 2 is 2.08 bits per heavy atom.